The van der Waals surface area contributed by atoms with Gasteiger partial charge < -0.3 is 9.47 Å². The molecule has 0 amide bonds. The van der Waals surface area contributed by atoms with E-state index < -0.39 is 76.7 Å². The Morgan fingerprint density at radius 1 is 1.11 bits per heavy atom. The third-order valence-corrected chi connectivity index (χ3v) is 4.69. The van der Waals surface area contributed by atoms with Crippen LogP contribution in [-0.2, 0) is 27.5 Å². The van der Waals surface area contributed by atoms with Crippen molar-refractivity contribution in [1.29, 1.82) is 5.26 Å². The van der Waals surface area contributed by atoms with Crippen LogP contribution in [0.4, 0.5) is 22.0 Å². The van der Waals surface area contributed by atoms with Gasteiger partial charge in [0.25, 0.3) is 0 Å². The van der Waals surface area contributed by atoms with Gasteiger partial charge in [0.15, 0.2) is 29.1 Å². The molecule has 0 radical (unpaired) electrons. The first-order valence-electron chi connectivity index (χ1n) is 7.84. The van der Waals surface area contributed by atoms with Gasteiger partial charge in [-0.1, -0.05) is 13.8 Å². The number of halogens is 5. The van der Waals surface area contributed by atoms with Crippen LogP contribution in [0.3, 0.4) is 0 Å². The second kappa shape index (κ2) is 7.64. The van der Waals surface area contributed by atoms with E-state index in [1.54, 1.807) is 13.8 Å². The van der Waals surface area contributed by atoms with Gasteiger partial charge in [-0.15, -0.1) is 0 Å². The Kier molecular flexibility index (Phi) is 5.90. The smallest absolute Gasteiger partial charge is 0.310 e. The summed E-state index contributed by atoms with van der Waals surface area (Å²) in [5, 5.41) is 8.46. The summed E-state index contributed by atoms with van der Waals surface area (Å²) in [7, 11) is 1.10. The van der Waals surface area contributed by atoms with Crippen LogP contribution in [0.1, 0.15) is 25.0 Å². The number of nitriles is 1. The predicted octanol–water partition coefficient (Wildman–Crippen LogP) is 4.08. The lowest BCUT2D eigenvalue weighted by molar-refractivity contribution is -0.147. The fraction of sp³-hybridized carbons (Fsp3) is 0.444. The van der Waals surface area contributed by atoms with Gasteiger partial charge in [-0.25, -0.2) is 17.6 Å². The van der Waals surface area contributed by atoms with Gasteiger partial charge in [-0.3, -0.25) is 4.79 Å². The molecule has 0 unspecified atom stereocenters. The lowest BCUT2D eigenvalue weighted by Gasteiger charge is -2.12. The van der Waals surface area contributed by atoms with Crippen LogP contribution in [0, 0.1) is 51.9 Å². The number of rotatable bonds is 6. The summed E-state index contributed by atoms with van der Waals surface area (Å²) in [4.78, 5) is 12.1. The number of carbonyl (C=O) groups excluding carboxylic acids is 1. The molecular formula is C18H16F5NO3. The third kappa shape index (κ3) is 3.81. The fourth-order valence-electron chi connectivity index (χ4n) is 2.99. The number of benzene rings is 1. The lowest BCUT2D eigenvalue weighted by atomic mass is 10.1. The SMILES string of the molecule is COCc1c(F)c(F)c(COC(=O)[C@@H]2[C@H](/C=C(/F)C#N)C2(C)C)c(F)c1F. The molecule has 0 heterocycles. The van der Waals surface area contributed by atoms with Gasteiger partial charge in [-0.2, -0.15) is 9.65 Å². The van der Waals surface area contributed by atoms with Crippen molar-refractivity contribution in [2.24, 2.45) is 17.3 Å². The van der Waals surface area contributed by atoms with Gasteiger partial charge in [0, 0.05) is 13.0 Å². The summed E-state index contributed by atoms with van der Waals surface area (Å²) < 4.78 is 78.2. The molecule has 1 aromatic rings. The number of carbonyl (C=O) groups is 1. The molecule has 0 aromatic heterocycles. The summed E-state index contributed by atoms with van der Waals surface area (Å²) in [6.45, 7) is 1.51. The molecule has 1 aromatic carbocycles. The Morgan fingerprint density at radius 3 is 2.04 bits per heavy atom. The van der Waals surface area contributed by atoms with E-state index >= 15 is 0 Å². The van der Waals surface area contributed by atoms with E-state index in [0.29, 0.717) is 0 Å². The molecular weight excluding hydrogens is 373 g/mol. The Bertz CT molecular complexity index is 815. The summed E-state index contributed by atoms with van der Waals surface area (Å²) >= 11 is 0. The topological polar surface area (TPSA) is 59.3 Å². The van der Waals surface area contributed by atoms with Crippen LogP contribution in [0.25, 0.3) is 0 Å². The van der Waals surface area contributed by atoms with E-state index in [0.717, 1.165) is 13.2 Å². The molecule has 0 spiro atoms. The van der Waals surface area contributed by atoms with Crippen LogP contribution in [0.5, 0.6) is 0 Å². The Hall–Kier alpha value is -2.47. The molecule has 2 rings (SSSR count). The molecule has 146 valence electrons. The van der Waals surface area contributed by atoms with Gasteiger partial charge in [0.1, 0.15) is 12.7 Å². The monoisotopic (exact) mass is 389 g/mol. The van der Waals surface area contributed by atoms with Crippen LogP contribution >= 0.6 is 0 Å². The van der Waals surface area contributed by atoms with Crippen molar-refractivity contribution in [3.05, 3.63) is 46.3 Å². The average Bonchev–Trinajstić information content (AvgIpc) is 3.16. The molecule has 4 nitrogen and oxygen atoms in total. The Balaban J connectivity index is 2.18. The molecule has 27 heavy (non-hydrogen) atoms. The normalized spacial score (nSPS) is 20.9. The molecule has 0 saturated heterocycles. The van der Waals surface area contributed by atoms with Crippen molar-refractivity contribution in [3.8, 4) is 6.07 Å². The first-order chi connectivity index (χ1) is 12.6. The van der Waals surface area contributed by atoms with Crippen LogP contribution in [0.15, 0.2) is 11.9 Å². The average molecular weight is 389 g/mol. The molecule has 9 heteroatoms. The van der Waals surface area contributed by atoms with Crippen molar-refractivity contribution >= 4 is 5.97 Å². The second-order valence-corrected chi connectivity index (χ2v) is 6.70. The lowest BCUT2D eigenvalue weighted by Crippen LogP contribution is -2.15. The van der Waals surface area contributed by atoms with Crippen LogP contribution in [0.2, 0.25) is 0 Å². The van der Waals surface area contributed by atoms with Crippen molar-refractivity contribution in [2.75, 3.05) is 7.11 Å². The molecule has 1 saturated carbocycles. The van der Waals surface area contributed by atoms with Gasteiger partial charge in [0.05, 0.1) is 23.7 Å². The Labute approximate surface area is 152 Å². The Morgan fingerprint density at radius 2 is 1.59 bits per heavy atom. The van der Waals surface area contributed by atoms with E-state index in [2.05, 4.69) is 4.74 Å². The minimum atomic E-state index is -1.68. The van der Waals surface area contributed by atoms with Gasteiger partial charge in [-0.05, 0) is 11.5 Å². The summed E-state index contributed by atoms with van der Waals surface area (Å²) in [5.74, 6) is -10.1. The third-order valence-electron chi connectivity index (χ3n) is 4.69. The minimum Gasteiger partial charge on any atom is -0.460 e. The van der Waals surface area contributed by atoms with E-state index in [-0.39, 0.29) is 0 Å². The molecule has 0 bridgehead atoms. The molecule has 1 fully saturated rings. The highest BCUT2D eigenvalue weighted by Crippen LogP contribution is 2.60. The highest BCUT2D eigenvalue weighted by Gasteiger charge is 2.61. The van der Waals surface area contributed by atoms with E-state index in [4.69, 9.17) is 10.00 Å². The predicted molar refractivity (Wildman–Crippen MR) is 82.3 cm³/mol. The first kappa shape index (κ1) is 20.8. The molecule has 1 aliphatic rings. The number of allylic oxidation sites excluding steroid dienone is 2. The summed E-state index contributed by atoms with van der Waals surface area (Å²) in [6, 6.07) is 1.28. The maximum absolute atomic E-state index is 14.0. The van der Waals surface area contributed by atoms with Gasteiger partial charge in [0.2, 0.25) is 0 Å². The largest absolute Gasteiger partial charge is 0.460 e. The number of methoxy groups -OCH3 is 1. The van der Waals surface area contributed by atoms with E-state index in [1.165, 1.54) is 6.07 Å². The zero-order chi connectivity index (χ0) is 20.5. The maximum Gasteiger partial charge on any atom is 0.310 e. The van der Waals surface area contributed by atoms with Crippen molar-refractivity contribution in [1.82, 2.24) is 0 Å². The highest BCUT2D eigenvalue weighted by molar-refractivity contribution is 5.78. The zero-order valence-electron chi connectivity index (χ0n) is 14.7. The fourth-order valence-corrected chi connectivity index (χ4v) is 2.99. The van der Waals surface area contributed by atoms with Gasteiger partial charge >= 0.3 is 5.97 Å². The van der Waals surface area contributed by atoms with E-state index in [1.807, 2.05) is 0 Å². The maximum atomic E-state index is 14.0. The number of hydrogen-bond acceptors (Lipinski definition) is 4. The van der Waals surface area contributed by atoms with E-state index in [9.17, 15) is 26.7 Å². The van der Waals surface area contributed by atoms with Crippen LogP contribution in [-0.4, -0.2) is 13.1 Å². The van der Waals surface area contributed by atoms with Crippen molar-refractivity contribution in [2.45, 2.75) is 27.1 Å². The standard InChI is InChI=1S/C18H16F5NO3/c1-18(2)11(4-8(19)5-24)12(18)17(25)27-7-10-15(22)13(20)9(6-26-3)14(21)16(10)23/h4,11-12H,6-7H2,1-3H3/b8-4+/t11-,12-/m0/s1. The zero-order valence-corrected chi connectivity index (χ0v) is 14.7. The summed E-state index contributed by atoms with van der Waals surface area (Å²) in [6.07, 6.45) is 0.964. The number of ether oxygens (including phenoxy) is 2. The number of nitrogens with zero attached hydrogens (tertiary/aromatic N) is 1. The minimum absolute atomic E-state index is 0.642. The molecule has 1 aliphatic carbocycles. The van der Waals surface area contributed by atoms with Crippen molar-refractivity contribution in [3.63, 3.8) is 0 Å². The number of esters is 1. The second-order valence-electron chi connectivity index (χ2n) is 6.70. The molecule has 0 aliphatic heterocycles. The molecule has 0 N–H and O–H groups in total. The molecule has 2 atom stereocenters. The summed E-state index contributed by atoms with van der Waals surface area (Å²) in [5.41, 5.74) is -2.73. The quantitative estimate of drug-likeness (QED) is 0.318. The van der Waals surface area contributed by atoms with Crippen molar-refractivity contribution < 1.29 is 36.2 Å². The first-order valence-corrected chi connectivity index (χ1v) is 7.84. The highest BCUT2D eigenvalue weighted by atomic mass is 19.2. The van der Waals surface area contributed by atoms with Crippen LogP contribution < -0.4 is 0 Å². The number of hydrogen-bond donors (Lipinski definition) is 0.